The third-order valence-electron chi connectivity index (χ3n) is 7.57. The monoisotopic (exact) mass is 543 g/mol. The first kappa shape index (κ1) is 30.9. The highest BCUT2D eigenvalue weighted by molar-refractivity contribution is 5.85. The van der Waals surface area contributed by atoms with E-state index in [1.807, 2.05) is 19.9 Å². The Kier molecular flexibility index (Phi) is 10.3. The molecule has 0 aromatic carbocycles. The molecule has 0 aromatic rings. The van der Waals surface area contributed by atoms with Gasteiger partial charge in [0.1, 0.15) is 6.10 Å². The van der Waals surface area contributed by atoms with E-state index in [1.165, 1.54) is 0 Å². The highest BCUT2D eigenvalue weighted by Crippen LogP contribution is 2.38. The summed E-state index contributed by atoms with van der Waals surface area (Å²) in [4.78, 5) is 26.4. The summed E-state index contributed by atoms with van der Waals surface area (Å²) in [5, 5.41) is 41.8. The number of nitrogens with zero attached hydrogens (tertiary/aromatic N) is 1. The number of carbonyl (C=O) groups is 2. The molecule has 8 N–H and O–H groups in total. The van der Waals surface area contributed by atoms with Crippen molar-refractivity contribution in [3.05, 3.63) is 12.2 Å². The van der Waals surface area contributed by atoms with Crippen molar-refractivity contribution in [1.29, 1.82) is 0 Å². The molecule has 218 valence electrons. The lowest BCUT2D eigenvalue weighted by atomic mass is 9.83. The Morgan fingerprint density at radius 1 is 1.18 bits per heavy atom. The van der Waals surface area contributed by atoms with Crippen LogP contribution in [0, 0.1) is 17.8 Å². The maximum atomic E-state index is 13.4. The van der Waals surface area contributed by atoms with Crippen LogP contribution in [0.5, 0.6) is 0 Å². The summed E-state index contributed by atoms with van der Waals surface area (Å²) >= 11 is 0. The number of nitrogens with two attached hydrogens (primary N) is 2. The molecule has 0 spiro atoms. The molecule has 2 amide bonds. The molecule has 0 aromatic heterocycles. The predicted octanol–water partition coefficient (Wildman–Crippen LogP) is -1.03. The third-order valence-corrected chi connectivity index (χ3v) is 7.57. The fraction of sp³-hybridized carbons (Fsp3) is 0.846. The Morgan fingerprint density at radius 3 is 2.42 bits per heavy atom. The lowest BCUT2D eigenvalue weighted by Gasteiger charge is -2.46. The lowest BCUT2D eigenvalue weighted by molar-refractivity contribution is -0.294. The van der Waals surface area contributed by atoms with E-state index in [4.69, 9.17) is 25.7 Å². The van der Waals surface area contributed by atoms with Crippen LogP contribution in [0.4, 0.5) is 0 Å². The van der Waals surface area contributed by atoms with Crippen LogP contribution < -0.4 is 11.5 Å². The van der Waals surface area contributed by atoms with Crippen LogP contribution in [0.2, 0.25) is 0 Å². The maximum Gasteiger partial charge on any atom is 0.228 e. The van der Waals surface area contributed by atoms with Crippen molar-refractivity contribution < 1.29 is 44.2 Å². The number of ether oxygens (including phenoxy) is 3. The molecule has 10 atom stereocenters. The molecule has 3 rings (SSSR count). The zero-order valence-electron chi connectivity index (χ0n) is 22.7. The van der Waals surface area contributed by atoms with Gasteiger partial charge < -0.3 is 51.0 Å². The predicted molar refractivity (Wildman–Crippen MR) is 136 cm³/mol. The molecule has 12 heteroatoms. The van der Waals surface area contributed by atoms with E-state index in [2.05, 4.69) is 0 Å². The molecule has 5 unspecified atom stereocenters. The summed E-state index contributed by atoms with van der Waals surface area (Å²) < 4.78 is 17.9. The number of likely N-dealkylation sites (tertiary alicyclic amines) is 1. The summed E-state index contributed by atoms with van der Waals surface area (Å²) in [6.07, 6.45) is -2.21. The number of rotatable bonds is 10. The summed E-state index contributed by atoms with van der Waals surface area (Å²) in [5.41, 5.74) is 11.3. The minimum Gasteiger partial charge on any atom is -0.393 e. The van der Waals surface area contributed by atoms with Gasteiger partial charge in [0.2, 0.25) is 11.8 Å². The number of allylic oxidation sites excluding steroid dienone is 1. The number of primary amides is 1. The van der Waals surface area contributed by atoms with Gasteiger partial charge in [-0.25, -0.2) is 0 Å². The summed E-state index contributed by atoms with van der Waals surface area (Å²) in [6, 6.07) is -0.973. The van der Waals surface area contributed by atoms with Gasteiger partial charge in [0.15, 0.2) is 12.1 Å². The molecule has 3 aliphatic rings. The molecule has 0 bridgehead atoms. The van der Waals surface area contributed by atoms with Gasteiger partial charge in [-0.2, -0.15) is 0 Å². The molecule has 3 heterocycles. The minimum absolute atomic E-state index is 0.0278. The number of hydrogen-bond donors (Lipinski definition) is 6. The number of amides is 2. The average molecular weight is 544 g/mol. The fourth-order valence-electron chi connectivity index (χ4n) is 5.28. The van der Waals surface area contributed by atoms with Crippen LogP contribution in [0.1, 0.15) is 53.4 Å². The summed E-state index contributed by atoms with van der Waals surface area (Å²) in [6.45, 7) is 7.63. The Balaban J connectivity index is 1.81. The smallest absolute Gasteiger partial charge is 0.228 e. The highest BCUT2D eigenvalue weighted by Gasteiger charge is 2.48. The van der Waals surface area contributed by atoms with Gasteiger partial charge in [-0.3, -0.25) is 9.59 Å². The Morgan fingerprint density at radius 2 is 1.84 bits per heavy atom. The molecule has 0 radical (unpaired) electrons. The number of hydrogen-bond acceptors (Lipinski definition) is 10. The number of aliphatic hydroxyl groups is 4. The Bertz CT molecular complexity index is 850. The van der Waals surface area contributed by atoms with E-state index < -0.39 is 66.6 Å². The molecule has 3 aliphatic heterocycles. The molecule has 38 heavy (non-hydrogen) atoms. The van der Waals surface area contributed by atoms with Crippen molar-refractivity contribution in [2.45, 2.75) is 108 Å². The first-order valence-electron chi connectivity index (χ1n) is 13.5. The third kappa shape index (κ3) is 7.51. The maximum absolute atomic E-state index is 13.4. The number of carbonyl (C=O) groups excluding carboxylic acids is 2. The van der Waals surface area contributed by atoms with Crippen LogP contribution in [0.25, 0.3) is 0 Å². The molecule has 3 fully saturated rings. The lowest BCUT2D eigenvalue weighted by Crippen LogP contribution is -2.62. The van der Waals surface area contributed by atoms with Crippen LogP contribution >= 0.6 is 0 Å². The standard InChI is InChI=1S/C26H45N3O9/c1-13(2)5-6-17(37-25-22(32)20(27)21(31)15(4)36-25)9-19-18(7-8-26(35,38-19)10-14(3)30)24(34)29-11-16(12-29)23(28)33/h5-6,13-22,25,30-32,35H,7-12,27H2,1-4H3,(H2,28,33)/b6-5+/t14-,15?,17-,18+,19-,20?,21?,22?,25?,26-/m0/s1. The quantitative estimate of drug-likeness (QED) is 0.185. The van der Waals surface area contributed by atoms with Gasteiger partial charge in [-0.15, -0.1) is 0 Å². The van der Waals surface area contributed by atoms with Crippen LogP contribution in [0.15, 0.2) is 12.2 Å². The minimum atomic E-state index is -1.63. The highest BCUT2D eigenvalue weighted by atomic mass is 16.7. The second-order valence-electron chi connectivity index (χ2n) is 11.5. The largest absolute Gasteiger partial charge is 0.393 e. The second kappa shape index (κ2) is 12.7. The zero-order valence-corrected chi connectivity index (χ0v) is 22.7. The van der Waals surface area contributed by atoms with Gasteiger partial charge in [0, 0.05) is 32.4 Å². The van der Waals surface area contributed by atoms with Gasteiger partial charge in [0.05, 0.1) is 48.4 Å². The molecular formula is C26H45N3O9. The normalized spacial score (nSPS) is 38.3. The molecule has 0 saturated carbocycles. The van der Waals surface area contributed by atoms with E-state index >= 15 is 0 Å². The number of aliphatic hydroxyl groups excluding tert-OH is 3. The van der Waals surface area contributed by atoms with Crippen molar-refractivity contribution in [3.63, 3.8) is 0 Å². The topological polar surface area (TPSA) is 198 Å². The molecule has 12 nitrogen and oxygen atoms in total. The van der Waals surface area contributed by atoms with Gasteiger partial charge >= 0.3 is 0 Å². The van der Waals surface area contributed by atoms with E-state index in [0.29, 0.717) is 6.42 Å². The fourth-order valence-corrected chi connectivity index (χ4v) is 5.28. The van der Waals surface area contributed by atoms with Crippen molar-refractivity contribution in [2.75, 3.05) is 13.1 Å². The second-order valence-corrected chi connectivity index (χ2v) is 11.5. The molecular weight excluding hydrogens is 498 g/mol. The van der Waals surface area contributed by atoms with E-state index in [9.17, 15) is 30.0 Å². The van der Waals surface area contributed by atoms with Crippen molar-refractivity contribution in [3.8, 4) is 0 Å². The molecule has 3 saturated heterocycles. The zero-order chi connectivity index (χ0) is 28.4. The van der Waals surface area contributed by atoms with Crippen LogP contribution in [-0.4, -0.2) is 105 Å². The average Bonchev–Trinajstić information content (AvgIpc) is 2.77. The van der Waals surface area contributed by atoms with E-state index in [0.717, 1.165) is 0 Å². The van der Waals surface area contributed by atoms with Gasteiger partial charge in [-0.1, -0.05) is 26.0 Å². The first-order chi connectivity index (χ1) is 17.7. The van der Waals surface area contributed by atoms with Crippen molar-refractivity contribution >= 4 is 11.8 Å². The Labute approximate surface area is 223 Å². The SMILES string of the molecule is CC(C)/C=C/[C@@H](C[C@@H]1O[C@](O)(C[C@H](C)O)CC[C@H]1C(=O)N1CC(C(N)=O)C1)OC1OC(C)C(O)C(N)C1O. The molecule has 0 aliphatic carbocycles. The van der Waals surface area contributed by atoms with Crippen molar-refractivity contribution in [1.82, 2.24) is 4.90 Å². The van der Waals surface area contributed by atoms with E-state index in [-0.39, 0.29) is 50.1 Å². The van der Waals surface area contributed by atoms with E-state index in [1.54, 1.807) is 24.8 Å². The van der Waals surface area contributed by atoms with Crippen molar-refractivity contribution in [2.24, 2.45) is 29.2 Å². The van der Waals surface area contributed by atoms with Crippen LogP contribution in [0.3, 0.4) is 0 Å². The Hall–Kier alpha value is -1.64. The first-order valence-corrected chi connectivity index (χ1v) is 13.5. The van der Waals surface area contributed by atoms with Gasteiger partial charge in [0.25, 0.3) is 0 Å². The summed E-state index contributed by atoms with van der Waals surface area (Å²) in [5.74, 6) is -3.12. The summed E-state index contributed by atoms with van der Waals surface area (Å²) in [7, 11) is 0. The van der Waals surface area contributed by atoms with Crippen LogP contribution in [-0.2, 0) is 23.8 Å². The van der Waals surface area contributed by atoms with Gasteiger partial charge in [-0.05, 0) is 26.2 Å².